The number of phenolic OH excluding ortho intramolecular Hbond substituents is 2. The summed E-state index contributed by atoms with van der Waals surface area (Å²) < 4.78 is 0. The van der Waals surface area contributed by atoms with Crippen molar-refractivity contribution in [3.63, 3.8) is 0 Å². The average molecular weight is 1120 g/mol. The van der Waals surface area contributed by atoms with E-state index in [4.69, 9.17) is 5.11 Å². The van der Waals surface area contributed by atoms with Crippen LogP contribution < -0.4 is 31.9 Å². The number of hydrogen-bond acceptors (Lipinski definition) is 14. The van der Waals surface area contributed by atoms with Gasteiger partial charge in [0.2, 0.25) is 47.3 Å². The molecule has 0 spiro atoms. The number of carbonyl (C=O) groups is 12. The smallest absolute Gasteiger partial charge is 0.326 e. The Labute approximate surface area is 461 Å². The molecule has 2 aliphatic heterocycles. The van der Waals surface area contributed by atoms with Crippen LogP contribution in [0.3, 0.4) is 0 Å². The third-order valence-electron chi connectivity index (χ3n) is 13.9. The first-order valence-corrected chi connectivity index (χ1v) is 26.6. The summed E-state index contributed by atoms with van der Waals surface area (Å²) in [6.45, 7) is 7.00. The molecular formula is C54H74N8O18. The Morgan fingerprint density at radius 2 is 0.938 bits per heavy atom. The second kappa shape index (κ2) is 30.7. The Hall–Kier alpha value is -8.32. The van der Waals surface area contributed by atoms with E-state index in [1.54, 1.807) is 27.7 Å². The molecule has 12 N–H and O–H groups in total. The van der Waals surface area contributed by atoms with Gasteiger partial charge in [0.15, 0.2) is 0 Å². The minimum Gasteiger partial charge on any atom is -0.508 e. The van der Waals surface area contributed by atoms with Crippen molar-refractivity contribution < 1.29 is 88.2 Å². The molecule has 0 saturated carbocycles. The first kappa shape index (κ1) is 64.2. The van der Waals surface area contributed by atoms with Crippen LogP contribution in [0.5, 0.6) is 11.5 Å². The summed E-state index contributed by atoms with van der Waals surface area (Å²) in [6, 6.07) is 0.0752. The average Bonchev–Trinajstić information content (AvgIpc) is 4.11. The molecule has 9 unspecified atom stereocenters. The third kappa shape index (κ3) is 19.8. The highest BCUT2D eigenvalue weighted by atomic mass is 16.4. The lowest BCUT2D eigenvalue weighted by Gasteiger charge is -2.34. The van der Waals surface area contributed by atoms with Gasteiger partial charge in [0.25, 0.3) is 0 Å². The number of amides is 8. The summed E-state index contributed by atoms with van der Waals surface area (Å²) in [7, 11) is 0. The SMILES string of the molecule is CCC(C)C(NC(=O)C1CCCN1C(=O)C(CCC(=O)O)NC(=O)CCC(=O)O)C(=O)N1CCCC1C(=O)NC(CCC(=O)O)C(=O)NC(Cc1ccc(O)cc1)C(=O)NC(Cc1ccc(O)cc1)C(=O)NC(CC(C)C)C(=O)O. The Kier molecular flexibility index (Phi) is 24.7. The monoisotopic (exact) mass is 1120 g/mol. The predicted octanol–water partition coefficient (Wildman–Crippen LogP) is 0.545. The summed E-state index contributed by atoms with van der Waals surface area (Å²) in [6.07, 6.45) is -2.41. The third-order valence-corrected chi connectivity index (χ3v) is 13.9. The predicted molar refractivity (Wildman–Crippen MR) is 282 cm³/mol. The number of carboxylic acids is 4. The van der Waals surface area contributed by atoms with Gasteiger partial charge in [-0.2, -0.15) is 0 Å². The topological polar surface area (TPSA) is 405 Å². The summed E-state index contributed by atoms with van der Waals surface area (Å²) in [4.78, 5) is 161. The van der Waals surface area contributed by atoms with Gasteiger partial charge in [-0.25, -0.2) is 4.79 Å². The van der Waals surface area contributed by atoms with Crippen molar-refractivity contribution in [3.05, 3.63) is 59.7 Å². The van der Waals surface area contributed by atoms with E-state index in [0.717, 1.165) is 0 Å². The highest BCUT2D eigenvalue weighted by Gasteiger charge is 2.44. The van der Waals surface area contributed by atoms with E-state index in [0.29, 0.717) is 24.0 Å². The molecule has 8 amide bonds. The molecular weight excluding hydrogens is 1050 g/mol. The van der Waals surface area contributed by atoms with Crippen molar-refractivity contribution in [2.45, 2.75) is 166 Å². The van der Waals surface area contributed by atoms with Gasteiger partial charge in [0, 0.05) is 45.2 Å². The molecule has 0 aliphatic carbocycles. The standard InChI is InChI=1S/C54H74N8O18/c1-5-30(4)46(60-51(76)41-9-6-24-61(41)52(77)36(19-22-44(68)69)55-42(65)20-23-45(70)71)53(78)62-25-7-8-40(62)50(75)56-35(18-21-43(66)67)47(72)57-37(27-31-10-14-33(63)15-11-31)48(73)58-38(28-32-12-16-34(64)17-13-32)49(74)59-39(54(79)80)26-29(2)3/h10-17,29-30,35-41,46,63-64H,5-9,18-28H2,1-4H3,(H,55,65)(H,56,75)(H,57,72)(H,58,73)(H,59,74)(H,60,76)(H,66,67)(H,68,69)(H,70,71)(H,79,80). The second-order valence-corrected chi connectivity index (χ2v) is 20.6. The van der Waals surface area contributed by atoms with Crippen molar-refractivity contribution >= 4 is 71.1 Å². The number of hydrogen-bond donors (Lipinski definition) is 12. The molecule has 2 aromatic carbocycles. The number of carbonyl (C=O) groups excluding carboxylic acids is 8. The molecule has 2 fully saturated rings. The van der Waals surface area contributed by atoms with Crippen molar-refractivity contribution in [1.82, 2.24) is 41.7 Å². The fourth-order valence-electron chi connectivity index (χ4n) is 9.40. The van der Waals surface area contributed by atoms with Crippen molar-refractivity contribution in [2.75, 3.05) is 13.1 Å². The first-order valence-electron chi connectivity index (χ1n) is 26.6. The Morgan fingerprint density at radius 3 is 1.38 bits per heavy atom. The van der Waals surface area contributed by atoms with E-state index in [1.165, 1.54) is 58.3 Å². The summed E-state index contributed by atoms with van der Waals surface area (Å²) in [5, 5.41) is 73.2. The van der Waals surface area contributed by atoms with Gasteiger partial charge in [-0.05, 0) is 92.2 Å². The zero-order chi connectivity index (χ0) is 59.4. The lowest BCUT2D eigenvalue weighted by atomic mass is 9.96. The Balaban J connectivity index is 1.58. The van der Waals surface area contributed by atoms with Gasteiger partial charge in [-0.1, -0.05) is 58.4 Å². The van der Waals surface area contributed by atoms with Crippen LogP contribution in [0.2, 0.25) is 0 Å². The van der Waals surface area contributed by atoms with Gasteiger partial charge in [-0.15, -0.1) is 0 Å². The van der Waals surface area contributed by atoms with E-state index < -0.39 is 157 Å². The Bertz CT molecular complexity index is 2560. The van der Waals surface area contributed by atoms with E-state index in [-0.39, 0.29) is 75.5 Å². The highest BCUT2D eigenvalue weighted by Crippen LogP contribution is 2.25. The molecule has 4 rings (SSSR count). The first-order chi connectivity index (χ1) is 37.8. The van der Waals surface area contributed by atoms with E-state index in [2.05, 4.69) is 31.9 Å². The molecule has 2 aromatic rings. The number of phenols is 2. The minimum atomic E-state index is -1.65. The number of likely N-dealkylation sites (tertiary alicyclic amines) is 2. The van der Waals surface area contributed by atoms with Crippen LogP contribution in [-0.4, -0.2) is 173 Å². The van der Waals surface area contributed by atoms with Gasteiger partial charge in [-0.3, -0.25) is 52.7 Å². The lowest BCUT2D eigenvalue weighted by Crippen LogP contribution is -2.61. The maximum absolute atomic E-state index is 14.6. The number of carboxylic acid groups (broad SMARTS) is 4. The fourth-order valence-corrected chi connectivity index (χ4v) is 9.40. The summed E-state index contributed by atoms with van der Waals surface area (Å²) in [5.74, 6) is -13.0. The number of rotatable bonds is 31. The van der Waals surface area contributed by atoms with E-state index in [9.17, 15) is 83.1 Å². The number of nitrogens with one attached hydrogen (secondary N) is 6. The maximum Gasteiger partial charge on any atom is 0.326 e. The molecule has 438 valence electrons. The Morgan fingerprint density at radius 1 is 0.512 bits per heavy atom. The number of aliphatic carboxylic acids is 4. The lowest BCUT2D eigenvalue weighted by molar-refractivity contribution is -0.146. The maximum atomic E-state index is 14.6. The molecule has 26 heteroatoms. The van der Waals surface area contributed by atoms with Crippen molar-refractivity contribution in [1.29, 1.82) is 0 Å². The van der Waals surface area contributed by atoms with Gasteiger partial charge in [0.1, 0.15) is 59.8 Å². The van der Waals surface area contributed by atoms with Crippen LogP contribution in [0.25, 0.3) is 0 Å². The van der Waals surface area contributed by atoms with Crippen molar-refractivity contribution in [3.8, 4) is 11.5 Å². The normalized spacial score (nSPS) is 17.6. The number of nitrogens with zero attached hydrogens (tertiary/aromatic N) is 2. The quantitative estimate of drug-likeness (QED) is 0.0490. The van der Waals surface area contributed by atoms with Gasteiger partial charge in [0.05, 0.1) is 6.42 Å². The second-order valence-electron chi connectivity index (χ2n) is 20.6. The number of aromatic hydroxyl groups is 2. The van der Waals surface area contributed by atoms with E-state index in [1.807, 2.05) is 0 Å². The van der Waals surface area contributed by atoms with Gasteiger partial charge < -0.3 is 72.3 Å². The molecule has 0 aromatic heterocycles. The molecule has 2 heterocycles. The van der Waals surface area contributed by atoms with E-state index >= 15 is 0 Å². The van der Waals surface area contributed by atoms with Crippen LogP contribution in [0, 0.1) is 11.8 Å². The molecule has 0 radical (unpaired) electrons. The van der Waals surface area contributed by atoms with Crippen molar-refractivity contribution in [2.24, 2.45) is 11.8 Å². The molecule has 26 nitrogen and oxygen atoms in total. The summed E-state index contributed by atoms with van der Waals surface area (Å²) >= 11 is 0. The fraction of sp³-hybridized carbons (Fsp3) is 0.556. The molecule has 0 bridgehead atoms. The largest absolute Gasteiger partial charge is 0.508 e. The van der Waals surface area contributed by atoms with Crippen LogP contribution in [0.4, 0.5) is 0 Å². The van der Waals surface area contributed by atoms with Crippen LogP contribution >= 0.6 is 0 Å². The molecule has 2 aliphatic rings. The number of benzene rings is 2. The minimum absolute atomic E-state index is 0.0189. The van der Waals surface area contributed by atoms with Crippen LogP contribution in [-0.2, 0) is 70.4 Å². The van der Waals surface area contributed by atoms with Crippen LogP contribution in [0.1, 0.15) is 116 Å². The van der Waals surface area contributed by atoms with Crippen LogP contribution in [0.15, 0.2) is 48.5 Å². The molecule has 80 heavy (non-hydrogen) atoms. The summed E-state index contributed by atoms with van der Waals surface area (Å²) in [5.41, 5.74) is 0.839. The van der Waals surface area contributed by atoms with Gasteiger partial charge >= 0.3 is 23.9 Å². The zero-order valence-corrected chi connectivity index (χ0v) is 45.2. The molecule has 2 saturated heterocycles. The molecule has 9 atom stereocenters. The highest BCUT2D eigenvalue weighted by molar-refractivity contribution is 5.99. The zero-order valence-electron chi connectivity index (χ0n) is 45.2.